The number of amides is 1. The Bertz CT molecular complexity index is 1250. The standard InChI is InChI=1S/C23H21BrN4OS/c1-14-4-5-17(10-15(14)2)20-12-21-23(25-8-9-28(21)27-20)30-13-22(29)26-18-6-7-19(24)16(3)11-18/h4-12H,13H2,1-3H3,(H,26,29). The fourth-order valence-electron chi connectivity index (χ4n) is 3.10. The topological polar surface area (TPSA) is 59.3 Å². The van der Waals surface area contributed by atoms with E-state index in [4.69, 9.17) is 0 Å². The third-order valence-electron chi connectivity index (χ3n) is 4.94. The van der Waals surface area contributed by atoms with E-state index in [0.29, 0.717) is 0 Å². The van der Waals surface area contributed by atoms with E-state index in [9.17, 15) is 4.79 Å². The lowest BCUT2D eigenvalue weighted by Crippen LogP contribution is -2.14. The fourth-order valence-corrected chi connectivity index (χ4v) is 4.13. The van der Waals surface area contributed by atoms with E-state index in [0.717, 1.165) is 37.5 Å². The van der Waals surface area contributed by atoms with Crippen molar-refractivity contribution in [3.8, 4) is 11.3 Å². The molecule has 2 heterocycles. The van der Waals surface area contributed by atoms with Gasteiger partial charge in [-0.25, -0.2) is 9.50 Å². The highest BCUT2D eigenvalue weighted by Crippen LogP contribution is 2.27. The van der Waals surface area contributed by atoms with Crippen LogP contribution >= 0.6 is 27.7 Å². The summed E-state index contributed by atoms with van der Waals surface area (Å²) in [5, 5.41) is 8.41. The first-order chi connectivity index (χ1) is 14.4. The number of carbonyl (C=O) groups excluding carboxylic acids is 1. The van der Waals surface area contributed by atoms with E-state index in [1.54, 1.807) is 6.20 Å². The van der Waals surface area contributed by atoms with Crippen LogP contribution in [0.3, 0.4) is 0 Å². The molecule has 0 fully saturated rings. The lowest BCUT2D eigenvalue weighted by Gasteiger charge is -2.07. The molecule has 2 aromatic heterocycles. The predicted molar refractivity (Wildman–Crippen MR) is 126 cm³/mol. The van der Waals surface area contributed by atoms with Crippen LogP contribution < -0.4 is 5.32 Å². The van der Waals surface area contributed by atoms with Crippen molar-refractivity contribution in [3.05, 3.63) is 76.0 Å². The van der Waals surface area contributed by atoms with Crippen molar-refractivity contribution in [2.45, 2.75) is 25.8 Å². The van der Waals surface area contributed by atoms with Crippen LogP contribution in [0.1, 0.15) is 16.7 Å². The van der Waals surface area contributed by atoms with Crippen molar-refractivity contribution in [1.29, 1.82) is 0 Å². The second-order valence-electron chi connectivity index (χ2n) is 7.19. The van der Waals surface area contributed by atoms with Crippen molar-refractivity contribution in [2.24, 2.45) is 0 Å². The normalized spacial score (nSPS) is 11.1. The molecule has 0 unspecified atom stereocenters. The zero-order chi connectivity index (χ0) is 21.3. The van der Waals surface area contributed by atoms with E-state index in [1.807, 2.05) is 41.9 Å². The van der Waals surface area contributed by atoms with Crippen molar-refractivity contribution < 1.29 is 4.79 Å². The summed E-state index contributed by atoms with van der Waals surface area (Å²) in [6.07, 6.45) is 3.54. The number of nitrogens with one attached hydrogen (secondary N) is 1. The zero-order valence-corrected chi connectivity index (χ0v) is 19.3. The van der Waals surface area contributed by atoms with E-state index in [1.165, 1.54) is 22.9 Å². The van der Waals surface area contributed by atoms with Gasteiger partial charge in [-0.2, -0.15) is 5.10 Å². The number of hydrogen-bond donors (Lipinski definition) is 1. The van der Waals surface area contributed by atoms with Crippen LogP contribution in [0.25, 0.3) is 16.8 Å². The van der Waals surface area contributed by atoms with Gasteiger partial charge in [0.25, 0.3) is 0 Å². The molecule has 0 saturated carbocycles. The molecule has 0 atom stereocenters. The molecule has 5 nitrogen and oxygen atoms in total. The Labute approximate surface area is 188 Å². The second kappa shape index (κ2) is 8.62. The van der Waals surface area contributed by atoms with Gasteiger partial charge in [-0.1, -0.05) is 39.8 Å². The van der Waals surface area contributed by atoms with Gasteiger partial charge < -0.3 is 5.32 Å². The molecule has 0 aliphatic heterocycles. The average molecular weight is 481 g/mol. The summed E-state index contributed by atoms with van der Waals surface area (Å²) in [4.78, 5) is 16.9. The second-order valence-corrected chi connectivity index (χ2v) is 9.01. The molecule has 0 aliphatic rings. The lowest BCUT2D eigenvalue weighted by atomic mass is 10.0. The van der Waals surface area contributed by atoms with Crippen molar-refractivity contribution in [2.75, 3.05) is 11.1 Å². The molecular weight excluding hydrogens is 460 g/mol. The summed E-state index contributed by atoms with van der Waals surface area (Å²) in [6, 6.07) is 14.1. The first-order valence-corrected chi connectivity index (χ1v) is 11.3. The first-order valence-electron chi connectivity index (χ1n) is 9.51. The third-order valence-corrected chi connectivity index (χ3v) is 6.82. The van der Waals surface area contributed by atoms with Gasteiger partial charge >= 0.3 is 0 Å². The number of thioether (sulfide) groups is 1. The third kappa shape index (κ3) is 4.42. The number of benzene rings is 2. The molecule has 0 bridgehead atoms. The van der Waals surface area contributed by atoms with E-state index < -0.39 is 0 Å². The molecule has 152 valence electrons. The van der Waals surface area contributed by atoms with Gasteiger partial charge in [0.05, 0.1) is 17.0 Å². The maximum atomic E-state index is 12.4. The van der Waals surface area contributed by atoms with Crippen LogP contribution in [-0.2, 0) is 4.79 Å². The van der Waals surface area contributed by atoms with E-state index >= 15 is 0 Å². The molecule has 0 radical (unpaired) electrons. The Kier molecular flexibility index (Phi) is 5.92. The van der Waals surface area contributed by atoms with Gasteiger partial charge in [0.15, 0.2) is 0 Å². The molecule has 0 saturated heterocycles. The number of aryl methyl sites for hydroxylation is 3. The van der Waals surface area contributed by atoms with E-state index in [-0.39, 0.29) is 11.7 Å². The quantitative estimate of drug-likeness (QED) is 0.365. The molecule has 0 aliphatic carbocycles. The zero-order valence-electron chi connectivity index (χ0n) is 16.9. The van der Waals surface area contributed by atoms with Crippen molar-refractivity contribution in [1.82, 2.24) is 14.6 Å². The van der Waals surface area contributed by atoms with Crippen LogP contribution in [0, 0.1) is 20.8 Å². The SMILES string of the molecule is Cc1ccc(-c2cc3c(SCC(=O)Nc4ccc(Br)c(C)c4)nccn3n2)cc1C. The van der Waals surface area contributed by atoms with Gasteiger partial charge in [0.1, 0.15) is 5.03 Å². The Morgan fingerprint density at radius 2 is 1.90 bits per heavy atom. The molecule has 30 heavy (non-hydrogen) atoms. The maximum Gasteiger partial charge on any atom is 0.234 e. The minimum Gasteiger partial charge on any atom is -0.325 e. The van der Waals surface area contributed by atoms with Crippen LogP contribution in [0.15, 0.2) is 64.4 Å². The largest absolute Gasteiger partial charge is 0.325 e. The number of hydrogen-bond acceptors (Lipinski definition) is 4. The highest BCUT2D eigenvalue weighted by atomic mass is 79.9. The maximum absolute atomic E-state index is 12.4. The van der Waals surface area contributed by atoms with Gasteiger partial charge in [0.2, 0.25) is 5.91 Å². The minimum absolute atomic E-state index is 0.0700. The number of rotatable bonds is 5. The van der Waals surface area contributed by atoms with Gasteiger partial charge in [0, 0.05) is 28.1 Å². The van der Waals surface area contributed by atoms with Gasteiger partial charge in [-0.3, -0.25) is 4.79 Å². The number of nitrogens with zero attached hydrogens (tertiary/aromatic N) is 3. The van der Waals surface area contributed by atoms with Crippen LogP contribution in [0.5, 0.6) is 0 Å². The molecular formula is C23H21BrN4OS. The number of anilines is 1. The van der Waals surface area contributed by atoms with E-state index in [2.05, 4.69) is 63.4 Å². The summed E-state index contributed by atoms with van der Waals surface area (Å²) >= 11 is 4.88. The first kappa shape index (κ1) is 20.6. The van der Waals surface area contributed by atoms with Crippen molar-refractivity contribution >= 4 is 44.8 Å². The Hall–Kier alpha value is -2.64. The Balaban J connectivity index is 1.51. The molecule has 7 heteroatoms. The monoisotopic (exact) mass is 480 g/mol. The number of carbonyl (C=O) groups is 1. The van der Waals surface area contributed by atoms with Gasteiger partial charge in [-0.05, 0) is 67.8 Å². The molecule has 4 aromatic rings. The molecule has 1 N–H and O–H groups in total. The molecule has 4 rings (SSSR count). The molecule has 1 amide bonds. The summed E-state index contributed by atoms with van der Waals surface area (Å²) < 4.78 is 2.83. The smallest absolute Gasteiger partial charge is 0.234 e. The molecule has 2 aromatic carbocycles. The average Bonchev–Trinajstić information content (AvgIpc) is 3.16. The van der Waals surface area contributed by atoms with Crippen LogP contribution in [-0.4, -0.2) is 26.3 Å². The highest BCUT2D eigenvalue weighted by molar-refractivity contribution is 9.10. The van der Waals surface area contributed by atoms with Gasteiger partial charge in [-0.15, -0.1) is 0 Å². The molecule has 0 spiro atoms. The summed E-state index contributed by atoms with van der Waals surface area (Å²) in [7, 11) is 0. The van der Waals surface area contributed by atoms with Crippen LogP contribution in [0.4, 0.5) is 5.69 Å². The predicted octanol–water partition coefficient (Wildman–Crippen LogP) is 5.81. The number of aromatic nitrogens is 3. The Morgan fingerprint density at radius 3 is 2.67 bits per heavy atom. The highest BCUT2D eigenvalue weighted by Gasteiger charge is 2.12. The summed E-state index contributed by atoms with van der Waals surface area (Å²) in [5.41, 5.74) is 7.20. The van der Waals surface area contributed by atoms with Crippen LogP contribution in [0.2, 0.25) is 0 Å². The summed E-state index contributed by atoms with van der Waals surface area (Å²) in [5.74, 6) is 0.200. The Morgan fingerprint density at radius 1 is 1.07 bits per heavy atom. The van der Waals surface area contributed by atoms with Crippen molar-refractivity contribution in [3.63, 3.8) is 0 Å². The minimum atomic E-state index is -0.0700. The summed E-state index contributed by atoms with van der Waals surface area (Å²) in [6.45, 7) is 6.19. The fraction of sp³-hybridized carbons (Fsp3) is 0.174. The number of halogens is 1. The number of fused-ring (bicyclic) bond motifs is 1. The lowest BCUT2D eigenvalue weighted by molar-refractivity contribution is -0.113.